The van der Waals surface area contributed by atoms with Gasteiger partial charge in [-0.15, -0.1) is 0 Å². The fraction of sp³-hybridized carbons (Fsp3) is 0.538. The van der Waals surface area contributed by atoms with Gasteiger partial charge in [-0.25, -0.2) is 8.78 Å². The molecule has 1 rings (SSSR count). The van der Waals surface area contributed by atoms with Gasteiger partial charge in [-0.05, 0) is 58.7 Å². The van der Waals surface area contributed by atoms with Gasteiger partial charge in [-0.1, -0.05) is 0 Å². The Labute approximate surface area is 102 Å². The molecule has 1 unspecified atom stereocenters. The van der Waals surface area contributed by atoms with Crippen LogP contribution in [0.5, 0.6) is 0 Å². The van der Waals surface area contributed by atoms with Gasteiger partial charge >= 0.3 is 0 Å². The lowest BCUT2D eigenvalue weighted by Crippen LogP contribution is -2.26. The highest BCUT2D eigenvalue weighted by Crippen LogP contribution is 2.22. The van der Waals surface area contributed by atoms with Gasteiger partial charge in [0, 0.05) is 11.6 Å². The molecule has 0 saturated heterocycles. The molecule has 0 aliphatic carbocycles. The van der Waals surface area contributed by atoms with Crippen LogP contribution in [0.2, 0.25) is 0 Å². The van der Waals surface area contributed by atoms with Crippen molar-refractivity contribution in [2.45, 2.75) is 19.4 Å². The smallest absolute Gasteiger partial charge is 0.128 e. The van der Waals surface area contributed by atoms with E-state index >= 15 is 0 Å². The highest BCUT2D eigenvalue weighted by Gasteiger charge is 2.15. The first-order valence-electron chi connectivity index (χ1n) is 5.86. The molecule has 0 fully saturated rings. The third-order valence-electron chi connectivity index (χ3n) is 3.01. The summed E-state index contributed by atoms with van der Waals surface area (Å²) in [6.07, 6.45) is 0.980. The average Bonchev–Trinajstić information content (AvgIpc) is 2.31. The molecule has 1 atom stereocenters. The molecule has 1 N–H and O–H groups in total. The zero-order valence-electron chi connectivity index (χ0n) is 10.6. The van der Waals surface area contributed by atoms with Crippen LogP contribution in [0.4, 0.5) is 8.78 Å². The fourth-order valence-electron chi connectivity index (χ4n) is 1.77. The molecule has 0 heterocycles. The molecule has 0 aromatic heterocycles. The second kappa shape index (κ2) is 6.67. The van der Waals surface area contributed by atoms with E-state index in [1.165, 1.54) is 12.1 Å². The van der Waals surface area contributed by atoms with Gasteiger partial charge < -0.3 is 5.32 Å². The molecular weight excluding hydrogens is 222 g/mol. The monoisotopic (exact) mass is 242 g/mol. The van der Waals surface area contributed by atoms with Crippen molar-refractivity contribution in [3.63, 3.8) is 0 Å². The van der Waals surface area contributed by atoms with Gasteiger partial charge in [-0.2, -0.15) is 0 Å². The van der Waals surface area contributed by atoms with Crippen LogP contribution >= 0.6 is 0 Å². The summed E-state index contributed by atoms with van der Waals surface area (Å²) in [7, 11) is 3.82. The zero-order valence-corrected chi connectivity index (χ0v) is 10.6. The summed E-state index contributed by atoms with van der Waals surface area (Å²) < 4.78 is 26.6. The molecule has 0 aliphatic heterocycles. The normalized spacial score (nSPS) is 13.1. The summed E-state index contributed by atoms with van der Waals surface area (Å²) in [5.41, 5.74) is 0.414. The van der Waals surface area contributed by atoms with E-state index in [9.17, 15) is 8.78 Å². The minimum absolute atomic E-state index is 0.123. The Morgan fingerprint density at radius 2 is 2.06 bits per heavy atom. The maximum absolute atomic E-state index is 13.6. The van der Waals surface area contributed by atoms with E-state index in [2.05, 4.69) is 5.32 Å². The molecule has 2 nitrogen and oxygen atoms in total. The van der Waals surface area contributed by atoms with Crippen LogP contribution in [0.3, 0.4) is 0 Å². The van der Waals surface area contributed by atoms with Gasteiger partial charge in [0.2, 0.25) is 0 Å². The molecule has 17 heavy (non-hydrogen) atoms. The van der Waals surface area contributed by atoms with Gasteiger partial charge in [0.15, 0.2) is 0 Å². The lowest BCUT2D eigenvalue weighted by atomic mass is 10.1. The molecule has 4 heteroatoms. The van der Waals surface area contributed by atoms with Crippen molar-refractivity contribution < 1.29 is 8.78 Å². The molecule has 0 radical (unpaired) electrons. The predicted molar refractivity (Wildman–Crippen MR) is 65.9 cm³/mol. The third-order valence-corrected chi connectivity index (χ3v) is 3.01. The summed E-state index contributed by atoms with van der Waals surface area (Å²) in [6.45, 7) is 3.65. The van der Waals surface area contributed by atoms with E-state index in [-0.39, 0.29) is 11.9 Å². The second-order valence-corrected chi connectivity index (χ2v) is 4.28. The number of nitrogens with one attached hydrogen (secondary N) is 1. The summed E-state index contributed by atoms with van der Waals surface area (Å²) >= 11 is 0. The van der Waals surface area contributed by atoms with Gasteiger partial charge in [0.05, 0.1) is 0 Å². The zero-order chi connectivity index (χ0) is 12.8. The highest BCUT2D eigenvalue weighted by molar-refractivity contribution is 5.21. The van der Waals surface area contributed by atoms with Gasteiger partial charge in [0.25, 0.3) is 0 Å². The Balaban J connectivity index is 2.67. The Kier molecular flexibility index (Phi) is 5.51. The number of hydrogen-bond acceptors (Lipinski definition) is 2. The van der Waals surface area contributed by atoms with Crippen molar-refractivity contribution in [1.82, 2.24) is 10.2 Å². The Morgan fingerprint density at radius 3 is 2.71 bits per heavy atom. The Hall–Kier alpha value is -1.00. The topological polar surface area (TPSA) is 15.3 Å². The van der Waals surface area contributed by atoms with Crippen LogP contribution in [-0.4, -0.2) is 32.1 Å². The maximum Gasteiger partial charge on any atom is 0.128 e. The lowest BCUT2D eigenvalue weighted by molar-refractivity contribution is 0.252. The van der Waals surface area contributed by atoms with Crippen molar-refractivity contribution in [3.8, 4) is 0 Å². The van der Waals surface area contributed by atoms with Crippen LogP contribution in [0.15, 0.2) is 18.2 Å². The summed E-state index contributed by atoms with van der Waals surface area (Å²) in [5, 5.41) is 3.06. The molecule has 0 aliphatic rings. The molecule has 0 spiro atoms. The number of nitrogens with zero attached hydrogens (tertiary/aromatic N) is 1. The Bertz CT molecular complexity index is 355. The number of rotatable bonds is 6. The molecule has 1 aromatic carbocycles. The minimum Gasteiger partial charge on any atom is -0.320 e. The molecule has 0 amide bonds. The van der Waals surface area contributed by atoms with E-state index in [1.54, 1.807) is 0 Å². The van der Waals surface area contributed by atoms with Crippen molar-refractivity contribution in [1.29, 1.82) is 0 Å². The van der Waals surface area contributed by atoms with Crippen molar-refractivity contribution >= 4 is 0 Å². The fourth-order valence-corrected chi connectivity index (χ4v) is 1.77. The molecule has 1 aromatic rings. The first kappa shape index (κ1) is 14.1. The number of halogens is 2. The molecule has 0 saturated carbocycles. The minimum atomic E-state index is -0.392. The predicted octanol–water partition coefficient (Wildman–Crippen LogP) is 2.57. The highest BCUT2D eigenvalue weighted by atomic mass is 19.1. The first-order valence-corrected chi connectivity index (χ1v) is 5.86. The number of benzene rings is 1. The van der Waals surface area contributed by atoms with Crippen LogP contribution in [0, 0.1) is 11.6 Å². The summed E-state index contributed by atoms with van der Waals surface area (Å²) in [6, 6.07) is 3.48. The van der Waals surface area contributed by atoms with E-state index in [4.69, 9.17) is 0 Å². The van der Waals surface area contributed by atoms with E-state index in [0.717, 1.165) is 25.6 Å². The Morgan fingerprint density at radius 1 is 1.35 bits per heavy atom. The molecular formula is C13H20F2N2. The van der Waals surface area contributed by atoms with Gasteiger partial charge in [-0.3, -0.25) is 4.90 Å². The third kappa shape index (κ3) is 4.06. The second-order valence-electron chi connectivity index (χ2n) is 4.28. The van der Waals surface area contributed by atoms with Crippen LogP contribution in [-0.2, 0) is 0 Å². The quantitative estimate of drug-likeness (QED) is 0.771. The average molecular weight is 242 g/mol. The van der Waals surface area contributed by atoms with Crippen LogP contribution in [0.25, 0.3) is 0 Å². The standard InChI is InChI=1S/C13H20F2N2/c1-10(17(3)8-4-7-16-2)12-9-11(14)5-6-13(12)15/h5-6,9-10,16H,4,7-8H2,1-3H3. The molecule has 0 bridgehead atoms. The lowest BCUT2D eigenvalue weighted by Gasteiger charge is -2.25. The maximum atomic E-state index is 13.6. The van der Waals surface area contributed by atoms with E-state index in [0.29, 0.717) is 5.56 Å². The van der Waals surface area contributed by atoms with Crippen LogP contribution in [0.1, 0.15) is 24.9 Å². The van der Waals surface area contributed by atoms with Crippen molar-refractivity contribution in [2.75, 3.05) is 27.2 Å². The van der Waals surface area contributed by atoms with E-state index in [1.807, 2.05) is 25.9 Å². The summed E-state index contributed by atoms with van der Waals surface area (Å²) in [4.78, 5) is 2.02. The summed E-state index contributed by atoms with van der Waals surface area (Å²) in [5.74, 6) is -0.740. The SMILES string of the molecule is CNCCCN(C)C(C)c1cc(F)ccc1F. The van der Waals surface area contributed by atoms with Gasteiger partial charge in [0.1, 0.15) is 11.6 Å². The largest absolute Gasteiger partial charge is 0.320 e. The number of hydrogen-bond donors (Lipinski definition) is 1. The van der Waals surface area contributed by atoms with Crippen molar-refractivity contribution in [3.05, 3.63) is 35.4 Å². The van der Waals surface area contributed by atoms with Crippen LogP contribution < -0.4 is 5.32 Å². The molecule has 96 valence electrons. The first-order chi connectivity index (χ1) is 8.06. The van der Waals surface area contributed by atoms with Crippen molar-refractivity contribution in [2.24, 2.45) is 0 Å². The van der Waals surface area contributed by atoms with E-state index < -0.39 is 5.82 Å².